The predicted molar refractivity (Wildman–Crippen MR) is 184 cm³/mol. The molecule has 1 aromatic heterocycles. The van der Waals surface area contributed by atoms with Crippen LogP contribution in [0.1, 0.15) is 74.5 Å². The predicted octanol–water partition coefficient (Wildman–Crippen LogP) is 6.53. The zero-order valence-electron chi connectivity index (χ0n) is 27.4. The molecular formula is C37H42N6O5S. The van der Waals surface area contributed by atoms with E-state index in [0.717, 1.165) is 65.1 Å². The number of phenols is 1. The number of hydrogen-bond acceptors (Lipinski definition) is 9. The van der Waals surface area contributed by atoms with Gasteiger partial charge in [-0.3, -0.25) is 0 Å². The van der Waals surface area contributed by atoms with E-state index in [1.54, 1.807) is 28.9 Å². The maximum absolute atomic E-state index is 13.2. The first-order valence-electron chi connectivity index (χ1n) is 17.2. The number of aliphatic hydroxyl groups excluding tert-OH is 1. The van der Waals surface area contributed by atoms with Crippen LogP contribution < -0.4 is 10.6 Å². The van der Waals surface area contributed by atoms with Gasteiger partial charge in [0.2, 0.25) is 5.16 Å². The molecule has 9 rings (SSSR count). The highest BCUT2D eigenvalue weighted by Gasteiger charge is 2.51. The van der Waals surface area contributed by atoms with Crippen LogP contribution in [0.15, 0.2) is 78.0 Å². The number of urea groups is 1. The van der Waals surface area contributed by atoms with E-state index in [1.165, 1.54) is 31.0 Å². The molecule has 2 heterocycles. The summed E-state index contributed by atoms with van der Waals surface area (Å²) in [6.07, 6.45) is 6.18. The molecule has 0 spiro atoms. The minimum atomic E-state index is -0.646. The van der Waals surface area contributed by atoms with Gasteiger partial charge in [-0.15, -0.1) is 5.10 Å². The summed E-state index contributed by atoms with van der Waals surface area (Å²) in [5, 5.41) is 38.7. The fourth-order valence-electron chi connectivity index (χ4n) is 8.88. The smallest absolute Gasteiger partial charge is 0.319 e. The number of nitrogens with zero attached hydrogens (tertiary/aromatic N) is 4. The maximum Gasteiger partial charge on any atom is 0.319 e. The Bertz CT molecular complexity index is 1730. The lowest BCUT2D eigenvalue weighted by Gasteiger charge is -2.56. The third-order valence-electron chi connectivity index (χ3n) is 10.9. The first kappa shape index (κ1) is 32.2. The Balaban J connectivity index is 0.970. The summed E-state index contributed by atoms with van der Waals surface area (Å²) in [7, 11) is 0. The van der Waals surface area contributed by atoms with Crippen molar-refractivity contribution in [2.24, 2.45) is 23.7 Å². The molecule has 11 nitrogen and oxygen atoms in total. The van der Waals surface area contributed by atoms with E-state index in [0.29, 0.717) is 10.9 Å². The van der Waals surface area contributed by atoms with Gasteiger partial charge in [-0.25, -0.2) is 4.79 Å². The van der Waals surface area contributed by atoms with E-state index < -0.39 is 6.29 Å². The number of ether oxygens (including phenoxy) is 2. The van der Waals surface area contributed by atoms with Gasteiger partial charge in [-0.05, 0) is 114 Å². The Kier molecular flexibility index (Phi) is 8.81. The standard InChI is InChI=1S/C37H42N6O5S/c1-22-32(21-49-36-40-41-42-43(36)30-10-12-31(45)13-11-30)47-34(48-33(22)27-4-2-23(20-44)3-5-27)28-6-8-29(9-7-28)38-35(46)39-37-17-24-14-25(18-37)16-26(15-24)19-37/h2-13,22,24-26,32-34,44-45H,14-21H2,1H3,(H2,38,39,46)/t22-,24?,25?,26?,32+,33+,34+,37?/m1/s1. The van der Waals surface area contributed by atoms with Gasteiger partial charge in [0, 0.05) is 28.5 Å². The summed E-state index contributed by atoms with van der Waals surface area (Å²) >= 11 is 1.49. The van der Waals surface area contributed by atoms with Crippen LogP contribution in [-0.4, -0.2) is 53.8 Å². The lowest BCUT2D eigenvalue weighted by molar-refractivity contribution is -0.268. The number of phenolic OH excluding ortho intramolecular Hbond substituents is 1. The number of aromatic nitrogens is 4. The number of anilines is 1. The average Bonchev–Trinajstić information content (AvgIpc) is 3.56. The monoisotopic (exact) mass is 682 g/mol. The molecular weight excluding hydrogens is 641 g/mol. The second-order valence-electron chi connectivity index (χ2n) is 14.4. The first-order chi connectivity index (χ1) is 23.8. The molecule has 4 saturated carbocycles. The minimum Gasteiger partial charge on any atom is -0.508 e. The molecule has 49 heavy (non-hydrogen) atoms. The van der Waals surface area contributed by atoms with Gasteiger partial charge in [0.05, 0.1) is 24.5 Å². The van der Waals surface area contributed by atoms with Crippen molar-refractivity contribution < 1.29 is 24.5 Å². The largest absolute Gasteiger partial charge is 0.508 e. The van der Waals surface area contributed by atoms with Gasteiger partial charge in [-0.2, -0.15) is 4.68 Å². The molecule has 1 saturated heterocycles. The van der Waals surface area contributed by atoms with Crippen molar-refractivity contribution in [3.63, 3.8) is 0 Å². The lowest BCUT2D eigenvalue weighted by atomic mass is 9.53. The molecule has 2 amide bonds. The minimum absolute atomic E-state index is 0.0176. The molecule has 1 aliphatic heterocycles. The number of aliphatic hydroxyl groups is 1. The molecule has 3 aromatic carbocycles. The maximum atomic E-state index is 13.2. The second kappa shape index (κ2) is 13.4. The summed E-state index contributed by atoms with van der Waals surface area (Å²) in [6.45, 7) is 2.09. The van der Waals surface area contributed by atoms with Crippen molar-refractivity contribution in [1.82, 2.24) is 25.5 Å². The fourth-order valence-corrected chi connectivity index (χ4v) is 9.94. The third kappa shape index (κ3) is 6.79. The number of aromatic hydroxyl groups is 1. The van der Waals surface area contributed by atoms with Crippen LogP contribution in [0.3, 0.4) is 0 Å². The summed E-state index contributed by atoms with van der Waals surface area (Å²) in [5.74, 6) is 3.00. The highest BCUT2D eigenvalue weighted by molar-refractivity contribution is 7.99. The Morgan fingerprint density at radius 1 is 0.918 bits per heavy atom. The van der Waals surface area contributed by atoms with Crippen molar-refractivity contribution in [2.75, 3.05) is 11.1 Å². The highest BCUT2D eigenvalue weighted by atomic mass is 32.2. The van der Waals surface area contributed by atoms with Crippen molar-refractivity contribution in [3.05, 3.63) is 89.5 Å². The summed E-state index contributed by atoms with van der Waals surface area (Å²) < 4.78 is 14.9. The van der Waals surface area contributed by atoms with Gasteiger partial charge in [0.1, 0.15) is 5.75 Å². The topological polar surface area (TPSA) is 144 Å². The first-order valence-corrected chi connectivity index (χ1v) is 18.2. The number of thioether (sulfide) groups is 1. The van der Waals surface area contributed by atoms with E-state index in [1.807, 2.05) is 48.5 Å². The number of nitrogens with one attached hydrogen (secondary N) is 2. The van der Waals surface area contributed by atoms with Gasteiger partial charge < -0.3 is 30.3 Å². The molecule has 256 valence electrons. The number of hydrogen-bond donors (Lipinski definition) is 4. The van der Waals surface area contributed by atoms with Crippen LogP contribution >= 0.6 is 11.8 Å². The van der Waals surface area contributed by atoms with Gasteiger partial charge in [0.15, 0.2) is 6.29 Å². The quantitative estimate of drug-likeness (QED) is 0.145. The number of amides is 2. The van der Waals surface area contributed by atoms with Crippen LogP contribution in [0, 0.1) is 23.7 Å². The third-order valence-corrected chi connectivity index (χ3v) is 11.9. The summed E-state index contributed by atoms with van der Waals surface area (Å²) in [6, 6.07) is 22.1. The Morgan fingerprint density at radius 3 is 2.22 bits per heavy atom. The fraction of sp³-hybridized carbons (Fsp3) is 0.459. The van der Waals surface area contributed by atoms with Crippen molar-refractivity contribution in [1.29, 1.82) is 0 Å². The highest BCUT2D eigenvalue weighted by Crippen LogP contribution is 2.55. The number of rotatable bonds is 9. The Hall–Kier alpha value is -3.97. The van der Waals surface area contributed by atoms with Crippen LogP contribution in [-0.2, 0) is 16.1 Å². The van der Waals surface area contributed by atoms with E-state index in [2.05, 4.69) is 33.1 Å². The molecule has 4 aliphatic carbocycles. The van der Waals surface area contributed by atoms with Crippen molar-refractivity contribution in [3.8, 4) is 11.4 Å². The average molecular weight is 683 g/mol. The molecule has 4 bridgehead atoms. The molecule has 4 atom stereocenters. The van der Waals surface area contributed by atoms with Crippen molar-refractivity contribution >= 4 is 23.5 Å². The van der Waals surface area contributed by atoms with Crippen molar-refractivity contribution in [2.45, 2.75) is 81.2 Å². The Labute approximate surface area is 289 Å². The van der Waals surface area contributed by atoms with Crippen LogP contribution in [0.5, 0.6) is 5.75 Å². The van der Waals surface area contributed by atoms with Crippen LogP contribution in [0.2, 0.25) is 0 Å². The van der Waals surface area contributed by atoms with Gasteiger partial charge >= 0.3 is 6.03 Å². The zero-order chi connectivity index (χ0) is 33.5. The molecule has 5 aliphatic rings. The SMILES string of the molecule is C[C@@H]1[C@H](CSc2nnnn2-c2ccc(O)cc2)O[C@H](c2ccc(NC(=O)NC34CC5CC(CC(C5)C3)C4)cc2)O[C@@H]1c1ccc(CO)cc1. The number of benzene rings is 3. The molecule has 4 aromatic rings. The molecule has 0 radical (unpaired) electrons. The summed E-state index contributed by atoms with van der Waals surface area (Å²) in [5.41, 5.74) is 4.10. The number of carbonyl (C=O) groups is 1. The van der Waals surface area contributed by atoms with Crippen LogP contribution in [0.4, 0.5) is 10.5 Å². The Morgan fingerprint density at radius 2 is 1.57 bits per heavy atom. The van der Waals surface area contributed by atoms with E-state index in [4.69, 9.17) is 9.47 Å². The van der Waals surface area contributed by atoms with E-state index in [-0.39, 0.29) is 42.1 Å². The zero-order valence-corrected chi connectivity index (χ0v) is 28.3. The lowest BCUT2D eigenvalue weighted by Crippen LogP contribution is -2.60. The molecule has 4 N–H and O–H groups in total. The van der Waals surface area contributed by atoms with Gasteiger partial charge in [-0.1, -0.05) is 55.1 Å². The van der Waals surface area contributed by atoms with E-state index >= 15 is 0 Å². The van der Waals surface area contributed by atoms with E-state index in [9.17, 15) is 15.0 Å². The summed E-state index contributed by atoms with van der Waals surface area (Å²) in [4.78, 5) is 13.2. The number of tetrazole rings is 1. The van der Waals surface area contributed by atoms with Crippen LogP contribution in [0.25, 0.3) is 5.69 Å². The normalized spacial score (nSPS) is 30.3. The molecule has 5 fully saturated rings. The second-order valence-corrected chi connectivity index (χ2v) is 15.4. The molecule has 12 heteroatoms. The number of carbonyl (C=O) groups excluding carboxylic acids is 1. The van der Waals surface area contributed by atoms with Gasteiger partial charge in [0.25, 0.3) is 0 Å². The molecule has 0 unspecified atom stereocenters.